The van der Waals surface area contributed by atoms with E-state index in [-0.39, 0.29) is 18.0 Å². The van der Waals surface area contributed by atoms with Gasteiger partial charge in [0.15, 0.2) is 0 Å². The Morgan fingerprint density at radius 3 is 2.54 bits per heavy atom. The molecule has 1 aliphatic heterocycles. The third-order valence-electron chi connectivity index (χ3n) is 4.44. The molecule has 2 heterocycles. The Balaban J connectivity index is 1.41. The predicted molar refractivity (Wildman–Crippen MR) is 97.1 cm³/mol. The zero-order valence-electron chi connectivity index (χ0n) is 15.0. The number of rotatable bonds is 5. The molecule has 1 saturated heterocycles. The molecule has 150 valence electrons. The molecule has 2 amide bonds. The van der Waals surface area contributed by atoms with Crippen molar-refractivity contribution in [2.75, 3.05) is 18.5 Å². The number of halogens is 3. The maximum atomic E-state index is 12.8. The van der Waals surface area contributed by atoms with E-state index < -0.39 is 11.7 Å². The Hall–Kier alpha value is -2.88. The van der Waals surface area contributed by atoms with E-state index in [9.17, 15) is 18.0 Å². The lowest BCUT2D eigenvalue weighted by Crippen LogP contribution is -2.49. The molecule has 1 aliphatic rings. The number of aromatic nitrogens is 2. The number of nitrogens with one attached hydrogen (secondary N) is 3. The van der Waals surface area contributed by atoms with E-state index in [0.717, 1.165) is 6.07 Å². The van der Waals surface area contributed by atoms with Crippen LogP contribution in [0.4, 0.5) is 23.9 Å². The second-order valence-electron chi connectivity index (χ2n) is 6.54. The van der Waals surface area contributed by atoms with Gasteiger partial charge >= 0.3 is 12.2 Å². The first-order valence-corrected chi connectivity index (χ1v) is 8.88. The van der Waals surface area contributed by atoms with Crippen LogP contribution in [-0.2, 0) is 12.7 Å². The average molecular weight is 394 g/mol. The fourth-order valence-corrected chi connectivity index (χ4v) is 3.04. The number of likely N-dealkylation sites (tertiary alicyclic amines) is 1. The lowest BCUT2D eigenvalue weighted by molar-refractivity contribution is -0.137. The van der Waals surface area contributed by atoms with Crippen molar-refractivity contribution in [2.45, 2.75) is 31.6 Å². The number of carbonyl (C=O) groups excluding carboxylic acids is 1. The van der Waals surface area contributed by atoms with Gasteiger partial charge in [0.25, 0.3) is 0 Å². The number of benzene rings is 1. The van der Waals surface area contributed by atoms with Crippen LogP contribution in [0.3, 0.4) is 0 Å². The zero-order valence-corrected chi connectivity index (χ0v) is 15.0. The van der Waals surface area contributed by atoms with Gasteiger partial charge in [-0.3, -0.25) is 10.3 Å². The molecule has 7 nitrogen and oxygen atoms in total. The van der Waals surface area contributed by atoms with Crippen molar-refractivity contribution >= 4 is 12.0 Å². The summed E-state index contributed by atoms with van der Waals surface area (Å²) in [6.45, 7) is 1.84. The number of hydrogen-bond acceptors (Lipinski definition) is 5. The molecular weight excluding hydrogens is 373 g/mol. The number of nitrogens with zero attached hydrogens (tertiary/aromatic N) is 3. The van der Waals surface area contributed by atoms with Crippen molar-refractivity contribution in [3.63, 3.8) is 0 Å². The van der Waals surface area contributed by atoms with Crippen molar-refractivity contribution in [1.82, 2.24) is 25.6 Å². The fourth-order valence-electron chi connectivity index (χ4n) is 3.04. The minimum absolute atomic E-state index is 0.00347. The lowest BCUT2D eigenvalue weighted by atomic mass is 10.0. The van der Waals surface area contributed by atoms with Crippen molar-refractivity contribution in [1.29, 1.82) is 0 Å². The molecule has 1 aromatic carbocycles. The van der Waals surface area contributed by atoms with E-state index in [4.69, 9.17) is 0 Å². The summed E-state index contributed by atoms with van der Waals surface area (Å²) in [5.74, 6) is 0.286. The highest BCUT2D eigenvalue weighted by atomic mass is 19.4. The van der Waals surface area contributed by atoms with Crippen molar-refractivity contribution in [3.8, 4) is 0 Å². The Kier molecular flexibility index (Phi) is 6.30. The summed E-state index contributed by atoms with van der Waals surface area (Å²) >= 11 is 0. The highest BCUT2D eigenvalue weighted by Gasteiger charge is 2.30. The second-order valence-corrected chi connectivity index (χ2v) is 6.54. The molecule has 28 heavy (non-hydrogen) atoms. The molecule has 2 aromatic rings. The van der Waals surface area contributed by atoms with Crippen LogP contribution in [0.25, 0.3) is 0 Å². The lowest BCUT2D eigenvalue weighted by Gasteiger charge is -2.32. The van der Waals surface area contributed by atoms with Crippen LogP contribution in [0.15, 0.2) is 42.7 Å². The summed E-state index contributed by atoms with van der Waals surface area (Å²) in [5, 5.41) is 2.86. The van der Waals surface area contributed by atoms with Gasteiger partial charge in [0.05, 0.1) is 5.56 Å². The third-order valence-corrected chi connectivity index (χ3v) is 4.44. The molecule has 0 aliphatic carbocycles. The summed E-state index contributed by atoms with van der Waals surface area (Å²) in [6, 6.07) is 6.67. The minimum Gasteiger partial charge on any atom is -0.334 e. The quantitative estimate of drug-likeness (QED) is 0.680. The molecule has 1 fully saturated rings. The topological polar surface area (TPSA) is 82.2 Å². The Labute approximate surface area is 160 Å². The van der Waals surface area contributed by atoms with Crippen LogP contribution >= 0.6 is 0 Å². The van der Waals surface area contributed by atoms with E-state index in [1.807, 2.05) is 0 Å². The van der Waals surface area contributed by atoms with Gasteiger partial charge in [-0.1, -0.05) is 18.2 Å². The molecule has 1 aromatic heterocycles. The van der Waals surface area contributed by atoms with Gasteiger partial charge in [0.2, 0.25) is 5.95 Å². The predicted octanol–water partition coefficient (Wildman–Crippen LogP) is 2.79. The Morgan fingerprint density at radius 2 is 1.86 bits per heavy atom. The van der Waals surface area contributed by atoms with Gasteiger partial charge in [-0.25, -0.2) is 20.2 Å². The monoisotopic (exact) mass is 394 g/mol. The van der Waals surface area contributed by atoms with Crippen LogP contribution in [0.2, 0.25) is 0 Å². The van der Waals surface area contributed by atoms with E-state index >= 15 is 0 Å². The van der Waals surface area contributed by atoms with Crippen molar-refractivity contribution in [3.05, 3.63) is 53.9 Å². The fraction of sp³-hybridized carbons (Fsp3) is 0.389. The van der Waals surface area contributed by atoms with Gasteiger partial charge in [-0.05, 0) is 30.5 Å². The number of alkyl halides is 3. The second kappa shape index (κ2) is 8.87. The first-order valence-electron chi connectivity index (χ1n) is 8.88. The zero-order chi connectivity index (χ0) is 20.0. The molecular formula is C18H21F3N6O. The number of piperidine rings is 1. The van der Waals surface area contributed by atoms with Gasteiger partial charge in [-0.2, -0.15) is 13.2 Å². The maximum Gasteiger partial charge on any atom is 0.416 e. The summed E-state index contributed by atoms with van der Waals surface area (Å²) < 4.78 is 38.5. The van der Waals surface area contributed by atoms with Gasteiger partial charge in [-0.15, -0.1) is 0 Å². The van der Waals surface area contributed by atoms with Crippen LogP contribution in [0.1, 0.15) is 24.0 Å². The van der Waals surface area contributed by atoms with Crippen LogP contribution in [0, 0.1) is 0 Å². The first kappa shape index (κ1) is 19.9. The van der Waals surface area contributed by atoms with Gasteiger partial charge in [0.1, 0.15) is 0 Å². The highest BCUT2D eigenvalue weighted by Crippen LogP contribution is 2.30. The van der Waals surface area contributed by atoms with E-state index in [1.54, 1.807) is 24.5 Å². The smallest absolute Gasteiger partial charge is 0.334 e. The molecule has 3 rings (SSSR count). The number of urea groups is 1. The molecule has 0 spiro atoms. The summed E-state index contributed by atoms with van der Waals surface area (Å²) in [6.07, 6.45) is 0.200. The third kappa shape index (κ3) is 5.81. The SMILES string of the molecule is O=C(NNc1ncccn1)NC1CCN(Cc2cccc(C(F)(F)F)c2)CC1. The number of anilines is 1. The van der Waals surface area contributed by atoms with Crippen LogP contribution in [-0.4, -0.2) is 40.0 Å². The molecule has 10 heteroatoms. The normalized spacial score (nSPS) is 15.8. The minimum atomic E-state index is -4.33. The maximum absolute atomic E-state index is 12.8. The molecule has 3 N–H and O–H groups in total. The Morgan fingerprint density at radius 1 is 1.14 bits per heavy atom. The molecule has 0 saturated carbocycles. The number of hydrogen-bond donors (Lipinski definition) is 3. The van der Waals surface area contributed by atoms with E-state index in [1.165, 1.54) is 12.1 Å². The number of carbonyl (C=O) groups is 1. The Bertz CT molecular complexity index is 778. The van der Waals surface area contributed by atoms with Gasteiger partial charge < -0.3 is 5.32 Å². The van der Waals surface area contributed by atoms with Crippen LogP contribution < -0.4 is 16.2 Å². The largest absolute Gasteiger partial charge is 0.416 e. The number of hydrazine groups is 1. The van der Waals surface area contributed by atoms with E-state index in [2.05, 4.69) is 31.0 Å². The first-order chi connectivity index (χ1) is 13.4. The standard InChI is InChI=1S/C18H21F3N6O/c19-18(20,21)14-4-1-3-13(11-14)12-27-9-5-15(6-10-27)24-17(28)26-25-16-22-7-2-8-23-16/h1-4,7-8,11,15H,5-6,9-10,12H2,(H,22,23,25)(H2,24,26,28). The summed E-state index contributed by atoms with van der Waals surface area (Å²) in [5.41, 5.74) is 5.08. The summed E-state index contributed by atoms with van der Waals surface area (Å²) in [4.78, 5) is 21.9. The molecule has 0 unspecified atom stereocenters. The highest BCUT2D eigenvalue weighted by molar-refractivity contribution is 5.75. The molecule has 0 atom stereocenters. The molecule has 0 bridgehead atoms. The van der Waals surface area contributed by atoms with Crippen molar-refractivity contribution in [2.24, 2.45) is 0 Å². The average Bonchev–Trinajstić information content (AvgIpc) is 2.68. The molecule has 0 radical (unpaired) electrons. The van der Waals surface area contributed by atoms with E-state index in [0.29, 0.717) is 38.0 Å². The number of amides is 2. The summed E-state index contributed by atoms with van der Waals surface area (Å²) in [7, 11) is 0. The van der Waals surface area contributed by atoms with Gasteiger partial charge in [0, 0.05) is 38.1 Å². The van der Waals surface area contributed by atoms with Crippen LogP contribution in [0.5, 0.6) is 0 Å². The van der Waals surface area contributed by atoms with Crippen molar-refractivity contribution < 1.29 is 18.0 Å².